The number of imidazole rings is 1. The van der Waals surface area contributed by atoms with Gasteiger partial charge in [-0.2, -0.15) is 0 Å². The predicted octanol–water partition coefficient (Wildman–Crippen LogP) is 3.60. The van der Waals surface area contributed by atoms with E-state index < -0.39 is 0 Å². The maximum Gasteiger partial charge on any atom is 0.142 e. The third-order valence-electron chi connectivity index (χ3n) is 2.90. The van der Waals surface area contributed by atoms with E-state index in [1.165, 1.54) is 0 Å². The molecule has 0 saturated heterocycles. The molecule has 2 aromatic carbocycles. The molecule has 96 valence electrons. The van der Waals surface area contributed by atoms with E-state index in [1.54, 1.807) is 25.3 Å². The highest BCUT2D eigenvalue weighted by Gasteiger charge is 2.10. The molecule has 1 heterocycles. The van der Waals surface area contributed by atoms with E-state index in [4.69, 9.17) is 16.3 Å². The molecule has 5 heteroatoms. The molecule has 0 atom stereocenters. The molecule has 0 aliphatic rings. The molecule has 0 spiro atoms. The summed E-state index contributed by atoms with van der Waals surface area (Å²) in [5.41, 5.74) is 2.21. The molecule has 0 saturated carbocycles. The van der Waals surface area contributed by atoms with Crippen molar-refractivity contribution in [3.8, 4) is 22.9 Å². The fourth-order valence-electron chi connectivity index (χ4n) is 1.94. The van der Waals surface area contributed by atoms with Crippen LogP contribution in [0.4, 0.5) is 0 Å². The summed E-state index contributed by atoms with van der Waals surface area (Å²) in [7, 11) is 1.61. The maximum absolute atomic E-state index is 9.87. The van der Waals surface area contributed by atoms with Crippen LogP contribution < -0.4 is 4.74 Å². The van der Waals surface area contributed by atoms with Crippen molar-refractivity contribution in [1.29, 1.82) is 0 Å². The number of hydrogen-bond donors (Lipinski definition) is 2. The lowest BCUT2D eigenvalue weighted by atomic mass is 10.2. The maximum atomic E-state index is 9.87. The van der Waals surface area contributed by atoms with Gasteiger partial charge in [0.05, 0.1) is 23.7 Å². The highest BCUT2D eigenvalue weighted by atomic mass is 35.5. The van der Waals surface area contributed by atoms with E-state index in [2.05, 4.69) is 9.97 Å². The molecule has 19 heavy (non-hydrogen) atoms. The van der Waals surface area contributed by atoms with Crippen molar-refractivity contribution in [3.63, 3.8) is 0 Å². The first-order valence-corrected chi connectivity index (χ1v) is 6.08. The molecular weight excluding hydrogens is 264 g/mol. The van der Waals surface area contributed by atoms with Crippen LogP contribution in [0.3, 0.4) is 0 Å². The third kappa shape index (κ3) is 2.11. The minimum Gasteiger partial charge on any atom is -0.507 e. The van der Waals surface area contributed by atoms with Gasteiger partial charge in [0.1, 0.15) is 17.3 Å². The number of halogens is 1. The Morgan fingerprint density at radius 1 is 1.21 bits per heavy atom. The molecule has 0 unspecified atom stereocenters. The normalized spacial score (nSPS) is 10.8. The van der Waals surface area contributed by atoms with Crippen LogP contribution in [0.1, 0.15) is 0 Å². The SMILES string of the molecule is COc1ccc2nc(-c3cc(Cl)ccc3O)[nH]c2c1. The number of fused-ring (bicyclic) bond motifs is 1. The first-order chi connectivity index (χ1) is 9.17. The van der Waals surface area contributed by atoms with Gasteiger partial charge >= 0.3 is 0 Å². The Hall–Kier alpha value is -2.20. The second-order valence-corrected chi connectivity index (χ2v) is 4.57. The number of aromatic hydroxyl groups is 1. The topological polar surface area (TPSA) is 58.1 Å². The molecule has 0 radical (unpaired) electrons. The minimum atomic E-state index is 0.135. The third-order valence-corrected chi connectivity index (χ3v) is 3.14. The number of aromatic amines is 1. The van der Waals surface area contributed by atoms with Gasteiger partial charge in [0.15, 0.2) is 0 Å². The Kier molecular flexibility index (Phi) is 2.80. The molecule has 4 nitrogen and oxygen atoms in total. The number of nitrogens with one attached hydrogen (secondary N) is 1. The predicted molar refractivity (Wildman–Crippen MR) is 74.8 cm³/mol. The lowest BCUT2D eigenvalue weighted by Crippen LogP contribution is -1.81. The van der Waals surface area contributed by atoms with Crippen LogP contribution in [-0.4, -0.2) is 22.2 Å². The highest BCUT2D eigenvalue weighted by molar-refractivity contribution is 6.30. The zero-order valence-electron chi connectivity index (χ0n) is 10.1. The largest absolute Gasteiger partial charge is 0.507 e. The monoisotopic (exact) mass is 274 g/mol. The fraction of sp³-hybridized carbons (Fsp3) is 0.0714. The number of methoxy groups -OCH3 is 1. The van der Waals surface area contributed by atoms with E-state index >= 15 is 0 Å². The first kappa shape index (κ1) is 11.9. The van der Waals surface area contributed by atoms with Crippen LogP contribution in [0.25, 0.3) is 22.4 Å². The second kappa shape index (κ2) is 4.48. The van der Waals surface area contributed by atoms with Crippen LogP contribution >= 0.6 is 11.6 Å². The number of phenolic OH excluding ortho intramolecular Hbond substituents is 1. The van der Waals surface area contributed by atoms with Gasteiger partial charge in [-0.05, 0) is 30.3 Å². The average Bonchev–Trinajstić information content (AvgIpc) is 2.83. The van der Waals surface area contributed by atoms with E-state index in [1.807, 2.05) is 18.2 Å². The minimum absolute atomic E-state index is 0.135. The van der Waals surface area contributed by atoms with Crippen molar-refractivity contribution in [2.75, 3.05) is 7.11 Å². The summed E-state index contributed by atoms with van der Waals surface area (Å²) >= 11 is 5.94. The van der Waals surface area contributed by atoms with Gasteiger partial charge in [-0.15, -0.1) is 0 Å². The van der Waals surface area contributed by atoms with Gasteiger partial charge in [0.2, 0.25) is 0 Å². The lowest BCUT2D eigenvalue weighted by Gasteiger charge is -2.01. The standard InChI is InChI=1S/C14H11ClN2O2/c1-19-9-3-4-11-12(7-9)17-14(16-11)10-6-8(15)2-5-13(10)18/h2-7,18H,1H3,(H,16,17). The number of nitrogens with zero attached hydrogens (tertiary/aromatic N) is 1. The summed E-state index contributed by atoms with van der Waals surface area (Å²) in [5.74, 6) is 1.46. The Labute approximate surface area is 114 Å². The number of rotatable bonds is 2. The number of aromatic nitrogens is 2. The van der Waals surface area contributed by atoms with Gasteiger partial charge in [0.25, 0.3) is 0 Å². The fourth-order valence-corrected chi connectivity index (χ4v) is 2.11. The van der Waals surface area contributed by atoms with Gasteiger partial charge in [-0.25, -0.2) is 4.98 Å². The summed E-state index contributed by atoms with van der Waals surface area (Å²) in [4.78, 5) is 7.58. The van der Waals surface area contributed by atoms with Crippen molar-refractivity contribution >= 4 is 22.6 Å². The van der Waals surface area contributed by atoms with Gasteiger partial charge in [-0.1, -0.05) is 11.6 Å². The summed E-state index contributed by atoms with van der Waals surface area (Å²) in [6.07, 6.45) is 0. The molecule has 0 aliphatic carbocycles. The molecule has 3 rings (SSSR count). The number of hydrogen-bond acceptors (Lipinski definition) is 3. The van der Waals surface area contributed by atoms with Gasteiger partial charge < -0.3 is 14.8 Å². The average molecular weight is 275 g/mol. The van der Waals surface area contributed by atoms with E-state index in [0.29, 0.717) is 16.4 Å². The van der Waals surface area contributed by atoms with Crippen molar-refractivity contribution in [2.45, 2.75) is 0 Å². The Bertz CT molecular complexity index is 752. The Morgan fingerprint density at radius 3 is 2.84 bits per heavy atom. The molecular formula is C14H11ClN2O2. The summed E-state index contributed by atoms with van der Waals surface area (Å²) in [6.45, 7) is 0. The molecule has 2 N–H and O–H groups in total. The lowest BCUT2D eigenvalue weighted by molar-refractivity contribution is 0.415. The quantitative estimate of drug-likeness (QED) is 0.751. The molecule has 0 bridgehead atoms. The number of ether oxygens (including phenoxy) is 1. The van der Waals surface area contributed by atoms with Crippen molar-refractivity contribution in [3.05, 3.63) is 41.4 Å². The molecule has 3 aromatic rings. The van der Waals surface area contributed by atoms with E-state index in [0.717, 1.165) is 16.8 Å². The zero-order valence-corrected chi connectivity index (χ0v) is 10.9. The summed E-state index contributed by atoms with van der Waals surface area (Å²) < 4.78 is 5.16. The van der Waals surface area contributed by atoms with E-state index in [9.17, 15) is 5.11 Å². The highest BCUT2D eigenvalue weighted by Crippen LogP contribution is 2.31. The summed E-state index contributed by atoms with van der Waals surface area (Å²) in [5, 5.41) is 10.4. The van der Waals surface area contributed by atoms with E-state index in [-0.39, 0.29) is 5.75 Å². The molecule has 1 aromatic heterocycles. The van der Waals surface area contributed by atoms with Crippen LogP contribution in [0.5, 0.6) is 11.5 Å². The van der Waals surface area contributed by atoms with Crippen LogP contribution in [0.15, 0.2) is 36.4 Å². The molecule has 0 aliphatic heterocycles. The number of H-pyrrole nitrogens is 1. The zero-order chi connectivity index (χ0) is 13.4. The Balaban J connectivity index is 2.17. The van der Waals surface area contributed by atoms with Crippen molar-refractivity contribution < 1.29 is 9.84 Å². The van der Waals surface area contributed by atoms with Crippen LogP contribution in [-0.2, 0) is 0 Å². The second-order valence-electron chi connectivity index (χ2n) is 4.13. The first-order valence-electron chi connectivity index (χ1n) is 5.70. The smallest absolute Gasteiger partial charge is 0.142 e. The van der Waals surface area contributed by atoms with Crippen LogP contribution in [0, 0.1) is 0 Å². The van der Waals surface area contributed by atoms with Gasteiger partial charge in [-0.3, -0.25) is 0 Å². The number of benzene rings is 2. The van der Waals surface area contributed by atoms with Crippen LogP contribution in [0.2, 0.25) is 5.02 Å². The number of phenols is 1. The van der Waals surface area contributed by atoms with Crippen molar-refractivity contribution in [2.24, 2.45) is 0 Å². The molecule has 0 fully saturated rings. The van der Waals surface area contributed by atoms with Crippen molar-refractivity contribution in [1.82, 2.24) is 9.97 Å². The Morgan fingerprint density at radius 2 is 2.05 bits per heavy atom. The summed E-state index contributed by atoms with van der Waals surface area (Å²) in [6, 6.07) is 10.4. The molecule has 0 amide bonds. The van der Waals surface area contributed by atoms with Gasteiger partial charge in [0, 0.05) is 11.1 Å².